The molecule has 31 heavy (non-hydrogen) atoms. The maximum absolute atomic E-state index is 13.0. The number of nitrogens with one attached hydrogen (secondary N) is 2. The molecule has 9 heteroatoms. The number of carbonyl (C=O) groups is 4. The van der Waals surface area contributed by atoms with Gasteiger partial charge in [-0.3, -0.25) is 14.4 Å². The van der Waals surface area contributed by atoms with Gasteiger partial charge in [-0.1, -0.05) is 43.7 Å². The standard InChI is InChI=1S/C22H33N3O6/c1-6-7-13-25(17(26)14-24-21(29)31-22(2,3)4)19(16-11-9-8-10-12-16)20(28)23-15-18(27)30-5/h8-12,19H,6-7,13-15H2,1-5H3,(H,23,28)(H,24,29). The summed E-state index contributed by atoms with van der Waals surface area (Å²) >= 11 is 0. The Morgan fingerprint density at radius 2 is 1.68 bits per heavy atom. The Hall–Kier alpha value is -3.10. The third-order valence-corrected chi connectivity index (χ3v) is 4.17. The molecule has 1 rings (SSSR count). The molecule has 3 amide bonds. The van der Waals surface area contributed by atoms with Crippen molar-refractivity contribution in [1.29, 1.82) is 0 Å². The molecule has 0 bridgehead atoms. The summed E-state index contributed by atoms with van der Waals surface area (Å²) in [6, 6.07) is 7.82. The van der Waals surface area contributed by atoms with Crippen LogP contribution in [0.3, 0.4) is 0 Å². The molecule has 0 saturated carbocycles. The molecular formula is C22H33N3O6. The van der Waals surface area contributed by atoms with Crippen LogP contribution in [0.15, 0.2) is 30.3 Å². The summed E-state index contributed by atoms with van der Waals surface area (Å²) < 4.78 is 9.74. The summed E-state index contributed by atoms with van der Waals surface area (Å²) in [5.41, 5.74) is -0.110. The molecule has 0 aromatic heterocycles. The monoisotopic (exact) mass is 435 g/mol. The van der Waals surface area contributed by atoms with E-state index in [9.17, 15) is 19.2 Å². The van der Waals surface area contributed by atoms with Crippen LogP contribution in [0.5, 0.6) is 0 Å². The van der Waals surface area contributed by atoms with Gasteiger partial charge in [0.05, 0.1) is 7.11 Å². The first-order chi connectivity index (χ1) is 14.6. The molecule has 1 aromatic carbocycles. The van der Waals surface area contributed by atoms with Gasteiger partial charge in [0.1, 0.15) is 24.7 Å². The van der Waals surface area contributed by atoms with Crippen molar-refractivity contribution in [2.45, 2.75) is 52.2 Å². The van der Waals surface area contributed by atoms with E-state index in [1.807, 2.05) is 6.92 Å². The lowest BCUT2D eigenvalue weighted by molar-refractivity contribution is -0.143. The predicted octanol–water partition coefficient (Wildman–Crippen LogP) is 2.17. The number of carbonyl (C=O) groups excluding carboxylic acids is 4. The zero-order valence-electron chi connectivity index (χ0n) is 18.9. The van der Waals surface area contributed by atoms with Gasteiger partial charge in [0.2, 0.25) is 11.8 Å². The van der Waals surface area contributed by atoms with Gasteiger partial charge in [0.25, 0.3) is 0 Å². The van der Waals surface area contributed by atoms with Crippen molar-refractivity contribution >= 4 is 23.9 Å². The maximum atomic E-state index is 13.0. The molecule has 0 fully saturated rings. The van der Waals surface area contributed by atoms with Crippen LogP contribution in [-0.4, -0.2) is 61.1 Å². The van der Waals surface area contributed by atoms with E-state index in [2.05, 4.69) is 15.4 Å². The summed E-state index contributed by atoms with van der Waals surface area (Å²) in [5, 5.41) is 4.96. The first-order valence-corrected chi connectivity index (χ1v) is 10.2. The number of methoxy groups -OCH3 is 1. The van der Waals surface area contributed by atoms with E-state index in [0.29, 0.717) is 18.5 Å². The Morgan fingerprint density at radius 1 is 1.03 bits per heavy atom. The minimum absolute atomic E-state index is 0.302. The molecule has 0 aliphatic rings. The quantitative estimate of drug-likeness (QED) is 0.545. The average Bonchev–Trinajstić information content (AvgIpc) is 2.72. The molecule has 1 unspecified atom stereocenters. The molecule has 9 nitrogen and oxygen atoms in total. The number of nitrogens with zero attached hydrogens (tertiary/aromatic N) is 1. The molecule has 0 aliphatic heterocycles. The zero-order valence-corrected chi connectivity index (χ0v) is 18.9. The summed E-state index contributed by atoms with van der Waals surface area (Å²) in [4.78, 5) is 50.8. The van der Waals surface area contributed by atoms with Crippen LogP contribution in [0.4, 0.5) is 4.79 Å². The lowest BCUT2D eigenvalue weighted by Crippen LogP contribution is -2.48. The minimum atomic E-state index is -0.967. The van der Waals surface area contributed by atoms with Crippen LogP contribution < -0.4 is 10.6 Å². The van der Waals surface area contributed by atoms with Crippen LogP contribution in [-0.2, 0) is 23.9 Å². The van der Waals surface area contributed by atoms with Crippen molar-refractivity contribution in [3.8, 4) is 0 Å². The normalized spacial score (nSPS) is 11.8. The number of amides is 3. The Bertz CT molecular complexity index is 745. The van der Waals surface area contributed by atoms with Gasteiger partial charge in [-0.25, -0.2) is 4.79 Å². The highest BCUT2D eigenvalue weighted by molar-refractivity contribution is 5.91. The fourth-order valence-electron chi connectivity index (χ4n) is 2.73. The molecule has 0 heterocycles. The van der Waals surface area contributed by atoms with Crippen molar-refractivity contribution in [2.75, 3.05) is 26.7 Å². The van der Waals surface area contributed by atoms with Crippen molar-refractivity contribution in [3.05, 3.63) is 35.9 Å². The third kappa shape index (κ3) is 9.50. The number of ether oxygens (including phenoxy) is 2. The first kappa shape index (κ1) is 25.9. The molecule has 2 N–H and O–H groups in total. The highest BCUT2D eigenvalue weighted by Gasteiger charge is 2.31. The van der Waals surface area contributed by atoms with Gasteiger partial charge < -0.3 is 25.0 Å². The molecule has 1 atom stereocenters. The van der Waals surface area contributed by atoms with E-state index in [1.54, 1.807) is 51.1 Å². The number of benzene rings is 1. The Morgan fingerprint density at radius 3 is 2.23 bits per heavy atom. The summed E-state index contributed by atoms with van der Waals surface area (Å²) in [7, 11) is 1.22. The molecular weight excluding hydrogens is 402 g/mol. The average molecular weight is 436 g/mol. The van der Waals surface area contributed by atoms with Crippen LogP contribution in [0, 0.1) is 0 Å². The number of rotatable bonds is 10. The van der Waals surface area contributed by atoms with Crippen molar-refractivity contribution in [1.82, 2.24) is 15.5 Å². The highest BCUT2D eigenvalue weighted by Crippen LogP contribution is 2.22. The zero-order chi connectivity index (χ0) is 23.4. The summed E-state index contributed by atoms with van der Waals surface area (Å²) in [6.45, 7) is 6.79. The van der Waals surface area contributed by atoms with Gasteiger partial charge in [-0.2, -0.15) is 0 Å². The Labute approximate surface area is 183 Å². The molecule has 0 radical (unpaired) electrons. The van der Waals surface area contributed by atoms with Gasteiger partial charge in [0.15, 0.2) is 0 Å². The van der Waals surface area contributed by atoms with Crippen molar-refractivity contribution in [2.24, 2.45) is 0 Å². The van der Waals surface area contributed by atoms with E-state index >= 15 is 0 Å². The van der Waals surface area contributed by atoms with E-state index in [4.69, 9.17) is 4.74 Å². The number of hydrogen-bond donors (Lipinski definition) is 2. The molecule has 0 spiro atoms. The predicted molar refractivity (Wildman–Crippen MR) is 115 cm³/mol. The lowest BCUT2D eigenvalue weighted by atomic mass is 10.0. The maximum Gasteiger partial charge on any atom is 0.408 e. The van der Waals surface area contributed by atoms with Crippen LogP contribution in [0.1, 0.15) is 52.1 Å². The van der Waals surface area contributed by atoms with Gasteiger partial charge in [-0.15, -0.1) is 0 Å². The topological polar surface area (TPSA) is 114 Å². The van der Waals surface area contributed by atoms with E-state index in [1.165, 1.54) is 12.0 Å². The SMILES string of the molecule is CCCCN(C(=O)CNC(=O)OC(C)(C)C)C(C(=O)NCC(=O)OC)c1ccccc1. The van der Waals surface area contributed by atoms with E-state index in [0.717, 1.165) is 6.42 Å². The van der Waals surface area contributed by atoms with Crippen molar-refractivity contribution in [3.63, 3.8) is 0 Å². The fourth-order valence-corrected chi connectivity index (χ4v) is 2.73. The van der Waals surface area contributed by atoms with Gasteiger partial charge in [0, 0.05) is 6.54 Å². The molecule has 1 aromatic rings. The van der Waals surface area contributed by atoms with Gasteiger partial charge >= 0.3 is 12.1 Å². The largest absolute Gasteiger partial charge is 0.468 e. The smallest absolute Gasteiger partial charge is 0.408 e. The first-order valence-electron chi connectivity index (χ1n) is 10.2. The Balaban J connectivity index is 3.07. The van der Waals surface area contributed by atoms with E-state index < -0.39 is 35.5 Å². The third-order valence-electron chi connectivity index (χ3n) is 4.17. The number of esters is 1. The lowest BCUT2D eigenvalue weighted by Gasteiger charge is -2.31. The second kappa shape index (κ2) is 12.6. The van der Waals surface area contributed by atoms with Crippen molar-refractivity contribution < 1.29 is 28.7 Å². The number of alkyl carbamates (subject to hydrolysis) is 1. The molecule has 0 aliphatic carbocycles. The second-order valence-corrected chi connectivity index (χ2v) is 7.90. The number of hydrogen-bond acceptors (Lipinski definition) is 6. The second-order valence-electron chi connectivity index (χ2n) is 7.90. The van der Waals surface area contributed by atoms with Crippen LogP contribution in [0.2, 0.25) is 0 Å². The molecule has 172 valence electrons. The fraction of sp³-hybridized carbons (Fsp3) is 0.545. The summed E-state index contributed by atoms with van der Waals surface area (Å²) in [6.07, 6.45) is 0.739. The number of unbranched alkanes of at least 4 members (excludes halogenated alkanes) is 1. The highest BCUT2D eigenvalue weighted by atomic mass is 16.6. The van der Waals surface area contributed by atoms with Crippen LogP contribution in [0.25, 0.3) is 0 Å². The van der Waals surface area contributed by atoms with E-state index in [-0.39, 0.29) is 13.1 Å². The minimum Gasteiger partial charge on any atom is -0.468 e. The van der Waals surface area contributed by atoms with Crippen LogP contribution >= 0.6 is 0 Å². The molecule has 0 saturated heterocycles. The Kier molecular flexibility index (Phi) is 10.5. The summed E-state index contributed by atoms with van der Waals surface area (Å²) in [5.74, 6) is -1.56. The van der Waals surface area contributed by atoms with Gasteiger partial charge in [-0.05, 0) is 32.8 Å².